The van der Waals surface area contributed by atoms with Gasteiger partial charge in [0.05, 0.1) is 5.69 Å². The Balaban J connectivity index is 1.84. The zero-order valence-electron chi connectivity index (χ0n) is 15.7. The molecule has 28 heavy (non-hydrogen) atoms. The summed E-state index contributed by atoms with van der Waals surface area (Å²) in [5.74, 6) is -0.0834. The van der Waals surface area contributed by atoms with Crippen LogP contribution in [0.15, 0.2) is 53.7 Å². The van der Waals surface area contributed by atoms with Crippen LogP contribution < -0.4 is 4.90 Å². The monoisotopic (exact) mass is 413 g/mol. The molecule has 1 amide bonds. The van der Waals surface area contributed by atoms with E-state index in [-0.39, 0.29) is 24.0 Å². The fraction of sp³-hybridized carbons (Fsp3) is 0.304. The lowest BCUT2D eigenvalue weighted by atomic mass is 9.77. The molecule has 0 saturated heterocycles. The predicted molar refractivity (Wildman–Crippen MR) is 113 cm³/mol. The lowest BCUT2D eigenvalue weighted by Gasteiger charge is -2.38. The summed E-state index contributed by atoms with van der Waals surface area (Å²) in [4.78, 5) is 27.7. The normalized spacial score (nSPS) is 19.8. The standard InChI is InChI=1S/C23H21Cl2NO2/c1-2-14-6-8-15(9-7-14)19-13-22(28)26(18-11-16(24)10-17(25)12-18)20-4-3-5-21(27)23(19)20/h6-12,19H,2-5,13H2,1H3. The van der Waals surface area contributed by atoms with Crippen molar-refractivity contribution >= 4 is 40.6 Å². The average molecular weight is 414 g/mol. The zero-order chi connectivity index (χ0) is 19.8. The van der Waals surface area contributed by atoms with Crippen molar-refractivity contribution in [3.63, 3.8) is 0 Å². The molecule has 0 saturated carbocycles. The van der Waals surface area contributed by atoms with Crippen LogP contribution >= 0.6 is 23.2 Å². The summed E-state index contributed by atoms with van der Waals surface area (Å²) in [7, 11) is 0. The lowest BCUT2D eigenvalue weighted by Crippen LogP contribution is -2.40. The topological polar surface area (TPSA) is 37.4 Å². The molecule has 1 aliphatic carbocycles. The molecule has 1 unspecified atom stereocenters. The highest BCUT2D eigenvalue weighted by Crippen LogP contribution is 2.44. The number of hydrogen-bond acceptors (Lipinski definition) is 2. The summed E-state index contributed by atoms with van der Waals surface area (Å²) < 4.78 is 0. The molecule has 0 radical (unpaired) electrons. The van der Waals surface area contributed by atoms with E-state index in [1.807, 2.05) is 0 Å². The van der Waals surface area contributed by atoms with Crippen LogP contribution in [0.25, 0.3) is 0 Å². The largest absolute Gasteiger partial charge is 0.294 e. The number of Topliss-reactive ketones (excluding diaryl/α,β-unsaturated/α-hetero) is 1. The SMILES string of the molecule is CCc1ccc(C2CC(=O)N(c3cc(Cl)cc(Cl)c3)C3=C2C(=O)CCC3)cc1. The molecule has 1 atom stereocenters. The molecule has 0 bridgehead atoms. The number of amides is 1. The fourth-order valence-corrected chi connectivity index (χ4v) is 4.75. The van der Waals surface area contributed by atoms with E-state index in [1.54, 1.807) is 23.1 Å². The van der Waals surface area contributed by atoms with Crippen LogP contribution in [0.2, 0.25) is 10.0 Å². The van der Waals surface area contributed by atoms with E-state index in [0.717, 1.165) is 29.7 Å². The Morgan fingerprint density at radius 2 is 1.68 bits per heavy atom. The van der Waals surface area contributed by atoms with Gasteiger partial charge in [0, 0.05) is 40.1 Å². The number of carbonyl (C=O) groups excluding carboxylic acids is 2. The van der Waals surface area contributed by atoms with Crippen LogP contribution in [0.5, 0.6) is 0 Å². The number of anilines is 1. The first-order valence-electron chi connectivity index (χ1n) is 9.62. The Hall–Kier alpha value is -2.10. The van der Waals surface area contributed by atoms with E-state index in [1.165, 1.54) is 5.56 Å². The Morgan fingerprint density at radius 3 is 2.32 bits per heavy atom. The van der Waals surface area contributed by atoms with Gasteiger partial charge >= 0.3 is 0 Å². The Morgan fingerprint density at radius 1 is 1.00 bits per heavy atom. The van der Waals surface area contributed by atoms with Gasteiger partial charge in [0.25, 0.3) is 0 Å². The average Bonchev–Trinajstić information content (AvgIpc) is 2.66. The first kappa shape index (κ1) is 19.2. The van der Waals surface area contributed by atoms with Gasteiger partial charge < -0.3 is 0 Å². The van der Waals surface area contributed by atoms with Crippen molar-refractivity contribution < 1.29 is 9.59 Å². The summed E-state index contributed by atoms with van der Waals surface area (Å²) >= 11 is 12.3. The number of aryl methyl sites for hydroxylation is 1. The Labute approximate surface area is 174 Å². The second-order valence-corrected chi connectivity index (χ2v) is 8.22. The summed E-state index contributed by atoms with van der Waals surface area (Å²) in [6.07, 6.45) is 3.19. The van der Waals surface area contributed by atoms with Crippen molar-refractivity contribution in [1.82, 2.24) is 0 Å². The molecule has 5 heteroatoms. The Bertz CT molecular complexity index is 958. The number of halogens is 2. The van der Waals surface area contributed by atoms with E-state index in [2.05, 4.69) is 31.2 Å². The van der Waals surface area contributed by atoms with Crippen molar-refractivity contribution in [2.24, 2.45) is 0 Å². The third-order valence-electron chi connectivity index (χ3n) is 5.57. The Kier molecular flexibility index (Phi) is 5.31. The van der Waals surface area contributed by atoms with Gasteiger partial charge in [-0.2, -0.15) is 0 Å². The molecule has 0 spiro atoms. The van der Waals surface area contributed by atoms with E-state index < -0.39 is 0 Å². The maximum absolute atomic E-state index is 13.2. The van der Waals surface area contributed by atoms with Crippen molar-refractivity contribution in [1.29, 1.82) is 0 Å². The zero-order valence-corrected chi connectivity index (χ0v) is 17.2. The first-order chi connectivity index (χ1) is 13.5. The van der Waals surface area contributed by atoms with Crippen molar-refractivity contribution in [2.75, 3.05) is 4.90 Å². The number of nitrogens with zero attached hydrogens (tertiary/aromatic N) is 1. The highest BCUT2D eigenvalue weighted by atomic mass is 35.5. The molecule has 1 heterocycles. The number of benzene rings is 2. The minimum absolute atomic E-state index is 0.0312. The van der Waals surface area contributed by atoms with Crippen molar-refractivity contribution in [3.05, 3.63) is 74.9 Å². The van der Waals surface area contributed by atoms with Gasteiger partial charge in [-0.05, 0) is 48.6 Å². The van der Waals surface area contributed by atoms with Gasteiger partial charge in [0.1, 0.15) is 0 Å². The van der Waals surface area contributed by atoms with E-state index in [4.69, 9.17) is 23.2 Å². The molecular formula is C23H21Cl2NO2. The van der Waals surface area contributed by atoms with Gasteiger partial charge in [-0.15, -0.1) is 0 Å². The van der Waals surface area contributed by atoms with E-state index in [9.17, 15) is 9.59 Å². The highest BCUT2D eigenvalue weighted by molar-refractivity contribution is 6.35. The lowest BCUT2D eigenvalue weighted by molar-refractivity contribution is -0.119. The van der Waals surface area contributed by atoms with Gasteiger partial charge in [0.15, 0.2) is 5.78 Å². The molecule has 2 aromatic carbocycles. The van der Waals surface area contributed by atoms with E-state index in [0.29, 0.717) is 28.6 Å². The molecule has 4 rings (SSSR count). The van der Waals surface area contributed by atoms with Crippen LogP contribution in [0.1, 0.15) is 49.7 Å². The molecule has 3 nitrogen and oxygen atoms in total. The highest BCUT2D eigenvalue weighted by Gasteiger charge is 2.39. The molecule has 1 aliphatic heterocycles. The van der Waals surface area contributed by atoms with Crippen LogP contribution in [-0.4, -0.2) is 11.7 Å². The number of allylic oxidation sites excluding steroid dienone is 2. The molecule has 144 valence electrons. The van der Waals surface area contributed by atoms with E-state index >= 15 is 0 Å². The first-order valence-corrected chi connectivity index (χ1v) is 10.4. The second-order valence-electron chi connectivity index (χ2n) is 7.35. The molecule has 2 aliphatic rings. The van der Waals surface area contributed by atoms with Crippen LogP contribution in [0.3, 0.4) is 0 Å². The minimum atomic E-state index is -0.188. The smallest absolute Gasteiger partial charge is 0.232 e. The van der Waals surface area contributed by atoms with Crippen molar-refractivity contribution in [2.45, 2.75) is 44.9 Å². The number of rotatable bonds is 3. The summed E-state index contributed by atoms with van der Waals surface area (Å²) in [6.45, 7) is 2.11. The molecule has 0 fully saturated rings. The quantitative estimate of drug-likeness (QED) is 0.610. The van der Waals surface area contributed by atoms with Crippen LogP contribution in [0.4, 0.5) is 5.69 Å². The summed E-state index contributed by atoms with van der Waals surface area (Å²) in [5.41, 5.74) is 4.47. The number of hydrogen-bond donors (Lipinski definition) is 0. The van der Waals surface area contributed by atoms with Gasteiger partial charge in [-0.1, -0.05) is 54.4 Å². The number of ketones is 1. The fourth-order valence-electron chi connectivity index (χ4n) is 4.23. The van der Waals surface area contributed by atoms with Crippen LogP contribution in [-0.2, 0) is 16.0 Å². The van der Waals surface area contributed by atoms with Gasteiger partial charge in [0.2, 0.25) is 5.91 Å². The van der Waals surface area contributed by atoms with Crippen molar-refractivity contribution in [3.8, 4) is 0 Å². The van der Waals surface area contributed by atoms with Gasteiger partial charge in [-0.25, -0.2) is 0 Å². The molecular weight excluding hydrogens is 393 g/mol. The predicted octanol–water partition coefficient (Wildman–Crippen LogP) is 6.08. The third-order valence-corrected chi connectivity index (χ3v) is 6.01. The summed E-state index contributed by atoms with van der Waals surface area (Å²) in [6, 6.07) is 13.4. The van der Waals surface area contributed by atoms with Crippen LogP contribution in [0, 0.1) is 0 Å². The maximum Gasteiger partial charge on any atom is 0.232 e. The maximum atomic E-state index is 13.2. The second kappa shape index (κ2) is 7.73. The third kappa shape index (κ3) is 3.49. The summed E-state index contributed by atoms with van der Waals surface area (Å²) in [5, 5.41) is 0.939. The molecule has 0 N–H and O–H groups in total. The minimum Gasteiger partial charge on any atom is -0.294 e. The molecule has 2 aromatic rings. The molecule has 0 aromatic heterocycles. The number of carbonyl (C=O) groups is 2. The van der Waals surface area contributed by atoms with Gasteiger partial charge in [-0.3, -0.25) is 14.5 Å².